The van der Waals surface area contributed by atoms with E-state index in [-0.39, 0.29) is 6.23 Å². The molecule has 1 heterocycles. The number of fused-ring (bicyclic) bond motifs is 1. The molecule has 1 aromatic heterocycles. The first-order valence-corrected chi connectivity index (χ1v) is 6.43. The molecule has 0 radical (unpaired) electrons. The first kappa shape index (κ1) is 12.8. The lowest BCUT2D eigenvalue weighted by molar-refractivity contribution is 0.0493. The van der Waals surface area contributed by atoms with Crippen molar-refractivity contribution in [2.75, 3.05) is 18.8 Å². The monoisotopic (exact) mass is 247 g/mol. The Morgan fingerprint density at radius 2 is 2.06 bits per heavy atom. The Labute approximate surface area is 108 Å². The second kappa shape index (κ2) is 5.31. The van der Waals surface area contributed by atoms with E-state index in [9.17, 15) is 0 Å². The normalized spacial score (nSPS) is 13.1. The molecule has 0 bridgehead atoms. The number of benzene rings is 1. The van der Waals surface area contributed by atoms with Gasteiger partial charge in [-0.15, -0.1) is 0 Å². The Balaban J connectivity index is 2.23. The first-order valence-electron chi connectivity index (χ1n) is 6.43. The van der Waals surface area contributed by atoms with Gasteiger partial charge in [0.2, 0.25) is 0 Å². The summed E-state index contributed by atoms with van der Waals surface area (Å²) in [6, 6.07) is 5.80. The van der Waals surface area contributed by atoms with E-state index < -0.39 is 0 Å². The molecular formula is C14H21N3O. The van der Waals surface area contributed by atoms with Crippen molar-refractivity contribution in [2.45, 2.75) is 27.0 Å². The van der Waals surface area contributed by atoms with E-state index in [4.69, 9.17) is 10.5 Å². The van der Waals surface area contributed by atoms with Crippen LogP contribution in [0, 0.1) is 0 Å². The quantitative estimate of drug-likeness (QED) is 0.631. The van der Waals surface area contributed by atoms with Gasteiger partial charge in [0.25, 0.3) is 0 Å². The first-order chi connectivity index (χ1) is 8.65. The molecule has 0 fully saturated rings. The average Bonchev–Trinajstić information content (AvgIpc) is 2.73. The van der Waals surface area contributed by atoms with Gasteiger partial charge in [-0.2, -0.15) is 0 Å². The molecule has 98 valence electrons. The van der Waals surface area contributed by atoms with Gasteiger partial charge in [-0.1, -0.05) is 13.8 Å². The molecule has 3 N–H and O–H groups in total. The zero-order valence-electron chi connectivity index (χ0n) is 11.2. The minimum atomic E-state index is 0.0560. The van der Waals surface area contributed by atoms with Gasteiger partial charge in [0, 0.05) is 22.8 Å². The Kier molecular flexibility index (Phi) is 3.77. The number of aromatic amines is 1. The molecule has 4 nitrogen and oxygen atoms in total. The van der Waals surface area contributed by atoms with Gasteiger partial charge >= 0.3 is 0 Å². The molecule has 0 amide bonds. The van der Waals surface area contributed by atoms with Crippen molar-refractivity contribution >= 4 is 16.6 Å². The average molecular weight is 247 g/mol. The third kappa shape index (κ3) is 2.43. The van der Waals surface area contributed by atoms with Crippen molar-refractivity contribution in [3.63, 3.8) is 0 Å². The maximum absolute atomic E-state index is 6.01. The second-order valence-electron chi connectivity index (χ2n) is 4.40. The van der Waals surface area contributed by atoms with Gasteiger partial charge < -0.3 is 15.5 Å². The van der Waals surface area contributed by atoms with Crippen LogP contribution in [0.15, 0.2) is 24.4 Å². The topological polar surface area (TPSA) is 54.3 Å². The lowest BCUT2D eigenvalue weighted by Gasteiger charge is -2.26. The van der Waals surface area contributed by atoms with Crippen LogP contribution in [0.2, 0.25) is 0 Å². The maximum atomic E-state index is 6.01. The number of nitrogens with two attached hydrogens (primary N) is 1. The van der Waals surface area contributed by atoms with E-state index in [1.54, 1.807) is 0 Å². The zero-order chi connectivity index (χ0) is 13.1. The summed E-state index contributed by atoms with van der Waals surface area (Å²) in [5, 5.41) is 1.04. The molecule has 2 aromatic rings. The van der Waals surface area contributed by atoms with Gasteiger partial charge in [0.05, 0.1) is 0 Å². The van der Waals surface area contributed by atoms with Crippen molar-refractivity contribution in [1.29, 1.82) is 0 Å². The van der Waals surface area contributed by atoms with Crippen LogP contribution in [0.5, 0.6) is 5.75 Å². The van der Waals surface area contributed by atoms with E-state index in [2.05, 4.69) is 30.7 Å². The molecule has 0 saturated heterocycles. The highest BCUT2D eigenvalue weighted by molar-refractivity contribution is 5.88. The van der Waals surface area contributed by atoms with E-state index >= 15 is 0 Å². The van der Waals surface area contributed by atoms with Crippen molar-refractivity contribution in [3.8, 4) is 5.75 Å². The van der Waals surface area contributed by atoms with Crippen LogP contribution in [0.25, 0.3) is 10.9 Å². The fraction of sp³-hybridized carbons (Fsp3) is 0.429. The predicted octanol–water partition coefficient (Wildman–Crippen LogP) is 2.82. The molecular weight excluding hydrogens is 226 g/mol. The standard InChI is InChI=1S/C14H21N3O/c1-4-17(5-2)10(3)18-14-9-16-13-7-6-11(15)8-12(13)14/h6-10,16H,4-5,15H2,1-3H3. The summed E-state index contributed by atoms with van der Waals surface area (Å²) in [6.07, 6.45) is 1.95. The van der Waals surface area contributed by atoms with Crippen molar-refractivity contribution in [3.05, 3.63) is 24.4 Å². The van der Waals surface area contributed by atoms with Crippen LogP contribution < -0.4 is 10.5 Å². The minimum Gasteiger partial charge on any atom is -0.473 e. The number of nitrogens with zero attached hydrogens (tertiary/aromatic N) is 1. The minimum absolute atomic E-state index is 0.0560. The summed E-state index contributed by atoms with van der Waals surface area (Å²) < 4.78 is 6.01. The third-order valence-corrected chi connectivity index (χ3v) is 3.29. The zero-order valence-corrected chi connectivity index (χ0v) is 11.2. The van der Waals surface area contributed by atoms with E-state index in [1.165, 1.54) is 0 Å². The maximum Gasteiger partial charge on any atom is 0.149 e. The summed E-state index contributed by atoms with van der Waals surface area (Å²) in [5.74, 6) is 0.858. The molecule has 0 aliphatic carbocycles. The fourth-order valence-corrected chi connectivity index (χ4v) is 2.21. The van der Waals surface area contributed by atoms with Gasteiger partial charge in [-0.25, -0.2) is 0 Å². The van der Waals surface area contributed by atoms with Gasteiger partial charge in [0.1, 0.15) is 12.0 Å². The van der Waals surface area contributed by atoms with Gasteiger partial charge in [-0.3, -0.25) is 4.90 Å². The van der Waals surface area contributed by atoms with E-state index in [0.29, 0.717) is 0 Å². The summed E-state index contributed by atoms with van der Waals surface area (Å²) in [6.45, 7) is 8.29. The van der Waals surface area contributed by atoms with Crippen LogP contribution in [-0.2, 0) is 0 Å². The van der Waals surface area contributed by atoms with Crippen LogP contribution in [0.4, 0.5) is 5.69 Å². The predicted molar refractivity (Wildman–Crippen MR) is 75.7 cm³/mol. The number of H-pyrrole nitrogens is 1. The summed E-state index contributed by atoms with van der Waals surface area (Å²) in [7, 11) is 0. The highest BCUT2D eigenvalue weighted by Crippen LogP contribution is 2.28. The number of hydrogen-bond acceptors (Lipinski definition) is 3. The summed E-state index contributed by atoms with van der Waals surface area (Å²) in [5.41, 5.74) is 7.61. The molecule has 1 aromatic carbocycles. The molecule has 0 spiro atoms. The fourth-order valence-electron chi connectivity index (χ4n) is 2.21. The van der Waals surface area contributed by atoms with Crippen molar-refractivity contribution in [2.24, 2.45) is 0 Å². The highest BCUT2D eigenvalue weighted by Gasteiger charge is 2.13. The largest absolute Gasteiger partial charge is 0.473 e. The second-order valence-corrected chi connectivity index (χ2v) is 4.40. The Morgan fingerprint density at radius 3 is 2.72 bits per heavy atom. The van der Waals surface area contributed by atoms with E-state index in [1.807, 2.05) is 24.4 Å². The number of rotatable bonds is 5. The number of ether oxygens (including phenoxy) is 1. The van der Waals surface area contributed by atoms with Crippen LogP contribution in [0.3, 0.4) is 0 Å². The molecule has 1 atom stereocenters. The Bertz CT molecular complexity index is 517. The SMILES string of the molecule is CCN(CC)C(C)Oc1c[nH]c2ccc(N)cc12. The molecule has 0 saturated carbocycles. The van der Waals surface area contributed by atoms with Crippen LogP contribution >= 0.6 is 0 Å². The number of nitrogens with one attached hydrogen (secondary N) is 1. The Hall–Kier alpha value is -1.68. The molecule has 4 heteroatoms. The van der Waals surface area contributed by atoms with E-state index in [0.717, 1.165) is 35.4 Å². The summed E-state index contributed by atoms with van der Waals surface area (Å²) in [4.78, 5) is 5.45. The van der Waals surface area contributed by atoms with Crippen LogP contribution in [-0.4, -0.2) is 29.2 Å². The molecule has 2 rings (SSSR count). The molecule has 18 heavy (non-hydrogen) atoms. The molecule has 0 aliphatic heterocycles. The van der Waals surface area contributed by atoms with Gasteiger partial charge in [0.15, 0.2) is 0 Å². The third-order valence-electron chi connectivity index (χ3n) is 3.29. The number of hydrogen-bond donors (Lipinski definition) is 2. The number of anilines is 1. The smallest absolute Gasteiger partial charge is 0.149 e. The van der Waals surface area contributed by atoms with Crippen molar-refractivity contribution in [1.82, 2.24) is 9.88 Å². The highest BCUT2D eigenvalue weighted by atomic mass is 16.5. The summed E-state index contributed by atoms with van der Waals surface area (Å²) >= 11 is 0. The molecule has 0 aliphatic rings. The van der Waals surface area contributed by atoms with Gasteiger partial charge in [-0.05, 0) is 38.2 Å². The lowest BCUT2D eigenvalue weighted by atomic mass is 10.2. The number of aromatic nitrogens is 1. The Morgan fingerprint density at radius 1 is 1.33 bits per heavy atom. The number of nitrogen functional groups attached to an aromatic ring is 1. The van der Waals surface area contributed by atoms with Crippen molar-refractivity contribution < 1.29 is 4.74 Å². The lowest BCUT2D eigenvalue weighted by Crippen LogP contribution is -2.36. The van der Waals surface area contributed by atoms with Crippen LogP contribution in [0.1, 0.15) is 20.8 Å². The molecule has 1 unspecified atom stereocenters.